The molecule has 0 aromatic carbocycles. The van der Waals surface area contributed by atoms with E-state index in [2.05, 4.69) is 9.97 Å². The molecule has 0 bridgehead atoms. The summed E-state index contributed by atoms with van der Waals surface area (Å²) < 4.78 is 0. The Hall–Kier alpha value is -1.64. The molecule has 0 aliphatic heterocycles. The number of halogens is 1. The van der Waals surface area contributed by atoms with Crippen molar-refractivity contribution in [3.63, 3.8) is 0 Å². The molecule has 24 heavy (non-hydrogen) atoms. The molecule has 0 spiro atoms. The van der Waals surface area contributed by atoms with Gasteiger partial charge in [0.25, 0.3) is 0 Å². The van der Waals surface area contributed by atoms with Crippen molar-refractivity contribution in [1.82, 2.24) is 9.97 Å². The van der Waals surface area contributed by atoms with E-state index in [1.54, 1.807) is 5.38 Å². The molecule has 3 rings (SSSR count). The van der Waals surface area contributed by atoms with Gasteiger partial charge in [-0.1, -0.05) is 0 Å². The van der Waals surface area contributed by atoms with Crippen LogP contribution in [0.5, 0.6) is 0 Å². The van der Waals surface area contributed by atoms with Gasteiger partial charge in [-0.15, -0.1) is 34.3 Å². The Kier molecular flexibility index (Phi) is 4.80. The summed E-state index contributed by atoms with van der Waals surface area (Å²) in [5.74, 6) is -1.39. The first-order valence-corrected chi connectivity index (χ1v) is 9.38. The second kappa shape index (κ2) is 6.70. The van der Waals surface area contributed by atoms with Gasteiger partial charge in [0, 0.05) is 23.6 Å². The Morgan fingerprint density at radius 3 is 2.58 bits per heavy atom. The number of carbonyl (C=O) groups is 3. The first-order valence-electron chi connectivity index (χ1n) is 7.25. The van der Waals surface area contributed by atoms with E-state index in [1.807, 2.05) is 0 Å². The van der Waals surface area contributed by atoms with E-state index in [0.717, 1.165) is 5.01 Å². The van der Waals surface area contributed by atoms with Gasteiger partial charge in [0.1, 0.15) is 21.4 Å². The van der Waals surface area contributed by atoms with Crippen molar-refractivity contribution in [2.45, 2.75) is 37.0 Å². The van der Waals surface area contributed by atoms with E-state index in [9.17, 15) is 14.4 Å². The standard InChI is InChI=1S/C15H13ClN2O4S2/c16-15(3-4-15)11(20)5-8(19)1-2-12-17-9(6-23-12)13-18-10(7-24-13)14(21)22/h6-7H,1-5H2,(H,21,22). The monoisotopic (exact) mass is 384 g/mol. The van der Waals surface area contributed by atoms with Crippen LogP contribution in [0.2, 0.25) is 0 Å². The largest absolute Gasteiger partial charge is 0.476 e. The third kappa shape index (κ3) is 3.88. The molecule has 0 amide bonds. The van der Waals surface area contributed by atoms with Crippen molar-refractivity contribution in [1.29, 1.82) is 0 Å². The maximum absolute atomic E-state index is 11.9. The maximum atomic E-state index is 11.9. The lowest BCUT2D eigenvalue weighted by Crippen LogP contribution is -2.19. The number of hydrogen-bond donors (Lipinski definition) is 1. The summed E-state index contributed by atoms with van der Waals surface area (Å²) in [6.45, 7) is 0. The fraction of sp³-hybridized carbons (Fsp3) is 0.400. The van der Waals surface area contributed by atoms with E-state index in [0.29, 0.717) is 30.0 Å². The molecule has 1 saturated carbocycles. The quantitative estimate of drug-likeness (QED) is 0.554. The van der Waals surface area contributed by atoms with Crippen LogP contribution in [0.15, 0.2) is 10.8 Å². The molecule has 1 aliphatic carbocycles. The van der Waals surface area contributed by atoms with E-state index < -0.39 is 10.8 Å². The number of thiazole rings is 2. The van der Waals surface area contributed by atoms with Crippen LogP contribution in [-0.2, 0) is 16.0 Å². The molecule has 2 aromatic heterocycles. The van der Waals surface area contributed by atoms with Gasteiger partial charge in [-0.3, -0.25) is 9.59 Å². The van der Waals surface area contributed by atoms with Crippen molar-refractivity contribution < 1.29 is 19.5 Å². The smallest absolute Gasteiger partial charge is 0.355 e. The fourth-order valence-electron chi connectivity index (χ4n) is 2.07. The summed E-state index contributed by atoms with van der Waals surface area (Å²) in [5, 5.41) is 13.4. The molecular formula is C15H13ClN2O4S2. The Balaban J connectivity index is 1.55. The van der Waals surface area contributed by atoms with E-state index in [1.165, 1.54) is 28.1 Å². The SMILES string of the molecule is O=C(CCc1nc(-c2nc(C(=O)O)cs2)cs1)CC(=O)C1(Cl)CC1. The normalized spacial score (nSPS) is 15.2. The van der Waals surface area contributed by atoms with Crippen molar-refractivity contribution in [3.8, 4) is 10.7 Å². The maximum Gasteiger partial charge on any atom is 0.355 e. The number of aromatic nitrogens is 2. The van der Waals surface area contributed by atoms with Gasteiger partial charge in [-0.05, 0) is 12.8 Å². The molecule has 6 nitrogen and oxygen atoms in total. The first kappa shape index (κ1) is 17.2. The van der Waals surface area contributed by atoms with Crippen LogP contribution in [0.4, 0.5) is 0 Å². The topological polar surface area (TPSA) is 97.2 Å². The molecule has 2 heterocycles. The second-order valence-electron chi connectivity index (χ2n) is 5.57. The Morgan fingerprint density at radius 1 is 1.21 bits per heavy atom. The highest BCUT2D eigenvalue weighted by Crippen LogP contribution is 2.44. The zero-order valence-corrected chi connectivity index (χ0v) is 14.8. The lowest BCUT2D eigenvalue weighted by atomic mass is 10.1. The summed E-state index contributed by atoms with van der Waals surface area (Å²) in [7, 11) is 0. The molecule has 0 atom stereocenters. The summed E-state index contributed by atoms with van der Waals surface area (Å²) in [4.78, 5) is 42.1. The third-order valence-electron chi connectivity index (χ3n) is 3.66. The zero-order valence-electron chi connectivity index (χ0n) is 12.5. The summed E-state index contributed by atoms with van der Waals surface area (Å²) in [5.41, 5.74) is 0.599. The molecular weight excluding hydrogens is 372 g/mol. The Bertz CT molecular complexity index is 810. The molecule has 0 unspecified atom stereocenters. The van der Waals surface area contributed by atoms with Crippen LogP contribution < -0.4 is 0 Å². The van der Waals surface area contributed by atoms with Crippen molar-refractivity contribution in [2.75, 3.05) is 0 Å². The lowest BCUT2D eigenvalue weighted by molar-refractivity contribution is -0.127. The van der Waals surface area contributed by atoms with Crippen molar-refractivity contribution in [3.05, 3.63) is 21.5 Å². The minimum atomic E-state index is -1.07. The highest BCUT2D eigenvalue weighted by atomic mass is 35.5. The van der Waals surface area contributed by atoms with Gasteiger partial charge >= 0.3 is 5.97 Å². The van der Waals surface area contributed by atoms with E-state index in [-0.39, 0.29) is 30.1 Å². The number of nitrogens with zero attached hydrogens (tertiary/aromatic N) is 2. The van der Waals surface area contributed by atoms with Gasteiger partial charge in [0.2, 0.25) is 0 Å². The van der Waals surface area contributed by atoms with E-state index in [4.69, 9.17) is 16.7 Å². The Morgan fingerprint density at radius 2 is 1.96 bits per heavy atom. The number of carbonyl (C=O) groups excluding carboxylic acids is 2. The van der Waals surface area contributed by atoms with E-state index >= 15 is 0 Å². The number of aryl methyl sites for hydroxylation is 1. The van der Waals surface area contributed by atoms with Crippen LogP contribution in [0.1, 0.15) is 41.2 Å². The first-order chi connectivity index (χ1) is 11.4. The van der Waals surface area contributed by atoms with Crippen LogP contribution in [-0.4, -0.2) is 37.5 Å². The van der Waals surface area contributed by atoms with Crippen LogP contribution in [0.25, 0.3) is 10.7 Å². The number of Topliss-reactive ketones (excluding diaryl/α,β-unsaturated/α-hetero) is 2. The third-order valence-corrected chi connectivity index (χ3v) is 6.02. The average Bonchev–Trinajstić information content (AvgIpc) is 2.96. The molecule has 126 valence electrons. The molecule has 2 aromatic rings. The summed E-state index contributed by atoms with van der Waals surface area (Å²) >= 11 is 8.59. The molecule has 1 fully saturated rings. The average molecular weight is 385 g/mol. The van der Waals surface area contributed by atoms with Gasteiger partial charge in [-0.25, -0.2) is 14.8 Å². The van der Waals surface area contributed by atoms with Gasteiger partial charge < -0.3 is 5.11 Å². The number of ketones is 2. The molecule has 1 N–H and O–H groups in total. The molecule has 9 heteroatoms. The number of rotatable bonds is 8. The van der Waals surface area contributed by atoms with Gasteiger partial charge in [0.15, 0.2) is 11.5 Å². The second-order valence-corrected chi connectivity index (χ2v) is 8.10. The van der Waals surface area contributed by atoms with Crippen LogP contribution in [0, 0.1) is 0 Å². The molecule has 0 radical (unpaired) electrons. The number of aromatic carboxylic acids is 1. The number of carboxylic acid groups (broad SMARTS) is 1. The number of hydrogen-bond acceptors (Lipinski definition) is 7. The number of carboxylic acids is 1. The number of alkyl halides is 1. The zero-order chi connectivity index (χ0) is 17.3. The molecule has 1 aliphatic rings. The predicted octanol–water partition coefficient (Wildman–Crippen LogP) is 3.20. The summed E-state index contributed by atoms with van der Waals surface area (Å²) in [6.07, 6.45) is 1.88. The predicted molar refractivity (Wildman–Crippen MR) is 91.0 cm³/mol. The Labute approximate surface area is 150 Å². The lowest BCUT2D eigenvalue weighted by Gasteiger charge is -2.03. The minimum absolute atomic E-state index is 0.00619. The fourth-order valence-corrected chi connectivity index (χ4v) is 3.85. The molecule has 0 saturated heterocycles. The van der Waals surface area contributed by atoms with Crippen molar-refractivity contribution in [2.24, 2.45) is 0 Å². The van der Waals surface area contributed by atoms with Crippen LogP contribution >= 0.6 is 34.3 Å². The highest BCUT2D eigenvalue weighted by Gasteiger charge is 2.47. The van der Waals surface area contributed by atoms with Gasteiger partial charge in [-0.2, -0.15) is 0 Å². The summed E-state index contributed by atoms with van der Waals surface area (Å²) in [6, 6.07) is 0. The van der Waals surface area contributed by atoms with Gasteiger partial charge in [0.05, 0.1) is 11.4 Å². The highest BCUT2D eigenvalue weighted by molar-refractivity contribution is 7.14. The van der Waals surface area contributed by atoms with Crippen molar-refractivity contribution >= 4 is 51.8 Å². The minimum Gasteiger partial charge on any atom is -0.476 e. The van der Waals surface area contributed by atoms with Crippen LogP contribution in [0.3, 0.4) is 0 Å².